The average molecular weight is 431 g/mol. The number of nitrogens with one attached hydrogen (secondary N) is 1. The van der Waals surface area contributed by atoms with Crippen LogP contribution in [-0.4, -0.2) is 37.0 Å². The van der Waals surface area contributed by atoms with Crippen LogP contribution in [0.15, 0.2) is 72.8 Å². The molecule has 0 unspecified atom stereocenters. The molecule has 1 amide bonds. The van der Waals surface area contributed by atoms with Gasteiger partial charge in [-0.3, -0.25) is 10.2 Å². The lowest BCUT2D eigenvalue weighted by atomic mass is 10.0. The summed E-state index contributed by atoms with van der Waals surface area (Å²) in [5.74, 6) is 1.62. The number of amides is 1. The highest BCUT2D eigenvalue weighted by atomic mass is 16.7. The molecule has 164 valence electrons. The van der Waals surface area contributed by atoms with Gasteiger partial charge in [0.1, 0.15) is 6.10 Å². The van der Waals surface area contributed by atoms with E-state index in [0.29, 0.717) is 6.79 Å². The average Bonchev–Trinajstić information content (AvgIpc) is 3.29. The van der Waals surface area contributed by atoms with Crippen LogP contribution in [0.1, 0.15) is 18.4 Å². The van der Waals surface area contributed by atoms with E-state index < -0.39 is 6.09 Å². The van der Waals surface area contributed by atoms with E-state index in [1.807, 2.05) is 66.7 Å². The normalized spacial score (nSPS) is 16.0. The lowest BCUT2D eigenvalue weighted by Gasteiger charge is -2.31. The van der Waals surface area contributed by atoms with Gasteiger partial charge < -0.3 is 14.2 Å². The Kier molecular flexibility index (Phi) is 5.94. The third kappa shape index (κ3) is 4.70. The Hall–Kier alpha value is -3.51. The Morgan fingerprint density at radius 1 is 0.938 bits per heavy atom. The number of carbonyl (C=O) groups excluding carboxylic acids is 1. The van der Waals surface area contributed by atoms with Crippen LogP contribution >= 0.6 is 0 Å². The third-order valence-electron chi connectivity index (χ3n) is 5.90. The van der Waals surface area contributed by atoms with Gasteiger partial charge in [0.15, 0.2) is 11.5 Å². The number of benzene rings is 3. The van der Waals surface area contributed by atoms with Gasteiger partial charge in [0.25, 0.3) is 0 Å². The first kappa shape index (κ1) is 20.4. The molecule has 1 fully saturated rings. The van der Waals surface area contributed by atoms with Gasteiger partial charge in [0.2, 0.25) is 6.79 Å². The van der Waals surface area contributed by atoms with Crippen LogP contribution in [0.5, 0.6) is 11.5 Å². The summed E-state index contributed by atoms with van der Waals surface area (Å²) >= 11 is 0. The highest BCUT2D eigenvalue weighted by molar-refractivity contribution is 5.91. The summed E-state index contributed by atoms with van der Waals surface area (Å²) in [4.78, 5) is 14.9. The fourth-order valence-electron chi connectivity index (χ4n) is 4.24. The van der Waals surface area contributed by atoms with Gasteiger partial charge >= 0.3 is 6.09 Å². The van der Waals surface area contributed by atoms with Crippen molar-refractivity contribution in [2.24, 2.45) is 0 Å². The fourth-order valence-corrected chi connectivity index (χ4v) is 4.24. The summed E-state index contributed by atoms with van der Waals surface area (Å²) in [6, 6.07) is 23.9. The van der Waals surface area contributed by atoms with Crippen molar-refractivity contribution < 1.29 is 19.0 Å². The SMILES string of the molecule is O=C(Nc1ccccc1-c1ccccc1)OC1CCN(Cc2ccc3c(c2)OCO3)CC1. The minimum Gasteiger partial charge on any atom is -0.454 e. The molecular weight excluding hydrogens is 404 g/mol. The Balaban J connectivity index is 1.13. The van der Waals surface area contributed by atoms with Crippen molar-refractivity contribution in [3.63, 3.8) is 0 Å². The van der Waals surface area contributed by atoms with Crippen molar-refractivity contribution >= 4 is 11.8 Å². The molecule has 2 heterocycles. The second kappa shape index (κ2) is 9.32. The zero-order chi connectivity index (χ0) is 21.8. The van der Waals surface area contributed by atoms with E-state index >= 15 is 0 Å². The van der Waals surface area contributed by atoms with E-state index in [1.165, 1.54) is 5.56 Å². The van der Waals surface area contributed by atoms with Crippen molar-refractivity contribution in [2.75, 3.05) is 25.2 Å². The lowest BCUT2D eigenvalue weighted by Crippen LogP contribution is -2.38. The van der Waals surface area contributed by atoms with Gasteiger partial charge in [-0.1, -0.05) is 54.6 Å². The van der Waals surface area contributed by atoms with Crippen molar-refractivity contribution in [2.45, 2.75) is 25.5 Å². The van der Waals surface area contributed by atoms with Gasteiger partial charge in [-0.15, -0.1) is 0 Å². The number of nitrogens with zero attached hydrogens (tertiary/aromatic N) is 1. The maximum absolute atomic E-state index is 12.6. The van der Waals surface area contributed by atoms with E-state index in [4.69, 9.17) is 14.2 Å². The molecule has 0 radical (unpaired) electrons. The molecule has 0 atom stereocenters. The summed E-state index contributed by atoms with van der Waals surface area (Å²) in [6.07, 6.45) is 1.16. The van der Waals surface area contributed by atoms with Crippen LogP contribution in [0.2, 0.25) is 0 Å². The first-order valence-electron chi connectivity index (χ1n) is 11.0. The van der Waals surface area contributed by atoms with E-state index in [0.717, 1.165) is 60.8 Å². The minimum absolute atomic E-state index is 0.0770. The first-order chi connectivity index (χ1) is 15.7. The summed E-state index contributed by atoms with van der Waals surface area (Å²) in [5, 5.41) is 2.93. The number of carbonyl (C=O) groups is 1. The molecule has 3 aromatic rings. The molecule has 32 heavy (non-hydrogen) atoms. The molecule has 0 spiro atoms. The van der Waals surface area contributed by atoms with Crippen molar-refractivity contribution in [3.8, 4) is 22.6 Å². The highest BCUT2D eigenvalue weighted by Crippen LogP contribution is 2.33. The van der Waals surface area contributed by atoms with Crippen molar-refractivity contribution in [3.05, 3.63) is 78.4 Å². The number of likely N-dealkylation sites (tertiary alicyclic amines) is 1. The Bertz CT molecular complexity index is 1080. The molecule has 3 aromatic carbocycles. The van der Waals surface area contributed by atoms with Crippen LogP contribution in [0.4, 0.5) is 10.5 Å². The lowest BCUT2D eigenvalue weighted by molar-refractivity contribution is 0.0567. The molecule has 0 aliphatic carbocycles. The molecule has 0 saturated carbocycles. The zero-order valence-electron chi connectivity index (χ0n) is 17.8. The molecule has 0 bridgehead atoms. The Labute approximate surface area is 187 Å². The quantitative estimate of drug-likeness (QED) is 0.596. The maximum Gasteiger partial charge on any atom is 0.411 e. The molecule has 6 nitrogen and oxygen atoms in total. The molecule has 5 rings (SSSR count). The monoisotopic (exact) mass is 430 g/mol. The van der Waals surface area contributed by atoms with Crippen LogP contribution in [-0.2, 0) is 11.3 Å². The largest absolute Gasteiger partial charge is 0.454 e. The number of hydrogen-bond acceptors (Lipinski definition) is 5. The molecular formula is C26H26N2O4. The van der Waals surface area contributed by atoms with Gasteiger partial charge in [0.05, 0.1) is 5.69 Å². The second-order valence-electron chi connectivity index (χ2n) is 8.11. The zero-order valence-corrected chi connectivity index (χ0v) is 17.8. The van der Waals surface area contributed by atoms with E-state index in [9.17, 15) is 4.79 Å². The Morgan fingerprint density at radius 3 is 2.53 bits per heavy atom. The van der Waals surface area contributed by atoms with Gasteiger partial charge in [-0.2, -0.15) is 0 Å². The topological polar surface area (TPSA) is 60.0 Å². The number of para-hydroxylation sites is 1. The minimum atomic E-state index is -0.400. The summed E-state index contributed by atoms with van der Waals surface area (Å²) < 4.78 is 16.6. The molecule has 2 aliphatic rings. The summed E-state index contributed by atoms with van der Waals surface area (Å²) in [7, 11) is 0. The smallest absolute Gasteiger partial charge is 0.411 e. The van der Waals surface area contributed by atoms with Crippen LogP contribution in [0.3, 0.4) is 0 Å². The van der Waals surface area contributed by atoms with Gasteiger partial charge in [-0.05, 0) is 42.2 Å². The molecule has 6 heteroatoms. The number of fused-ring (bicyclic) bond motifs is 1. The molecule has 2 aliphatic heterocycles. The molecule has 1 saturated heterocycles. The summed E-state index contributed by atoms with van der Waals surface area (Å²) in [6.45, 7) is 2.90. The first-order valence-corrected chi connectivity index (χ1v) is 11.0. The second-order valence-corrected chi connectivity index (χ2v) is 8.11. The third-order valence-corrected chi connectivity index (χ3v) is 5.90. The number of ether oxygens (including phenoxy) is 3. The van der Waals surface area contributed by atoms with Gasteiger partial charge in [-0.25, -0.2) is 4.79 Å². The van der Waals surface area contributed by atoms with Crippen LogP contribution in [0.25, 0.3) is 11.1 Å². The predicted octanol–water partition coefficient (Wildman–Crippen LogP) is 5.30. The fraction of sp³-hybridized carbons (Fsp3) is 0.269. The van der Waals surface area contributed by atoms with Gasteiger partial charge in [0, 0.05) is 25.2 Å². The highest BCUT2D eigenvalue weighted by Gasteiger charge is 2.23. The molecule has 0 aromatic heterocycles. The Morgan fingerprint density at radius 2 is 1.69 bits per heavy atom. The van der Waals surface area contributed by atoms with Crippen molar-refractivity contribution in [1.29, 1.82) is 0 Å². The number of anilines is 1. The summed E-state index contributed by atoms with van der Waals surface area (Å²) in [5.41, 5.74) is 3.98. The van der Waals surface area contributed by atoms with Crippen molar-refractivity contribution in [1.82, 2.24) is 4.90 Å². The molecule has 1 N–H and O–H groups in total. The number of rotatable bonds is 5. The number of piperidine rings is 1. The number of hydrogen-bond donors (Lipinski definition) is 1. The van der Waals surface area contributed by atoms with Crippen LogP contribution in [0, 0.1) is 0 Å². The maximum atomic E-state index is 12.6. The van der Waals surface area contributed by atoms with E-state index in [2.05, 4.69) is 16.3 Å². The predicted molar refractivity (Wildman–Crippen MR) is 123 cm³/mol. The van der Waals surface area contributed by atoms with E-state index in [-0.39, 0.29) is 6.10 Å². The van der Waals surface area contributed by atoms with E-state index in [1.54, 1.807) is 0 Å². The standard InChI is InChI=1S/C26H26N2O4/c29-26(27-23-9-5-4-8-22(23)20-6-2-1-3-7-20)32-21-12-14-28(15-13-21)17-19-10-11-24-25(16-19)31-18-30-24/h1-11,16,21H,12-15,17-18H2,(H,27,29). The van der Waals surface area contributed by atoms with Crippen LogP contribution < -0.4 is 14.8 Å².